The quantitative estimate of drug-likeness (QED) is 0.731. The van der Waals surface area contributed by atoms with E-state index in [1.54, 1.807) is 0 Å². The van der Waals surface area contributed by atoms with Crippen LogP contribution in [0.5, 0.6) is 5.75 Å². The van der Waals surface area contributed by atoms with Crippen LogP contribution in [-0.2, 0) is 5.41 Å². The molecule has 0 saturated heterocycles. The fraction of sp³-hybridized carbons (Fsp3) is 0.600. The van der Waals surface area contributed by atoms with Crippen LogP contribution in [0.15, 0.2) is 17.0 Å². The second kappa shape index (κ2) is 4.56. The minimum Gasteiger partial charge on any atom is -0.508 e. The van der Waals surface area contributed by atoms with Gasteiger partial charge in [0.25, 0.3) is 0 Å². The first-order valence-electron chi connectivity index (χ1n) is 6.06. The number of rotatable bonds is 2. The van der Waals surface area contributed by atoms with Crippen molar-refractivity contribution in [2.75, 3.05) is 0 Å². The van der Waals surface area contributed by atoms with Crippen LogP contribution in [0.4, 0.5) is 0 Å². The maximum absolute atomic E-state index is 10.1. The Labute approximate surface area is 111 Å². The van der Waals surface area contributed by atoms with E-state index in [0.717, 1.165) is 22.4 Å². The molecule has 0 fully saturated rings. The summed E-state index contributed by atoms with van der Waals surface area (Å²) in [6.07, 6.45) is 1.02. The lowest BCUT2D eigenvalue weighted by Crippen LogP contribution is -2.25. The highest BCUT2D eigenvalue weighted by Crippen LogP contribution is 2.41. The molecule has 0 aromatic heterocycles. The molecule has 0 unspecified atom stereocenters. The van der Waals surface area contributed by atoms with Crippen LogP contribution in [0, 0.1) is 12.3 Å². The Morgan fingerprint density at radius 3 is 2.12 bits per heavy atom. The van der Waals surface area contributed by atoms with Crippen molar-refractivity contribution in [1.29, 1.82) is 0 Å². The van der Waals surface area contributed by atoms with Crippen molar-refractivity contribution >= 4 is 12.6 Å². The summed E-state index contributed by atoms with van der Waals surface area (Å²) in [7, 11) is 0. The van der Waals surface area contributed by atoms with Crippen molar-refractivity contribution in [1.82, 2.24) is 0 Å². The van der Waals surface area contributed by atoms with Crippen molar-refractivity contribution in [2.24, 2.45) is 5.41 Å². The number of aryl methyl sites for hydroxylation is 1. The molecule has 0 atom stereocenters. The van der Waals surface area contributed by atoms with E-state index in [9.17, 15) is 5.11 Å². The molecule has 1 nitrogen and oxygen atoms in total. The van der Waals surface area contributed by atoms with Gasteiger partial charge in [-0.2, -0.15) is 0 Å². The van der Waals surface area contributed by atoms with E-state index < -0.39 is 0 Å². The lowest BCUT2D eigenvalue weighted by molar-refractivity contribution is 0.278. The zero-order valence-corrected chi connectivity index (χ0v) is 12.7. The lowest BCUT2D eigenvalue weighted by atomic mass is 9.72. The highest BCUT2D eigenvalue weighted by molar-refractivity contribution is 7.80. The average molecular weight is 252 g/mol. The topological polar surface area (TPSA) is 20.2 Å². The minimum absolute atomic E-state index is 0.0481. The van der Waals surface area contributed by atoms with Gasteiger partial charge in [0, 0.05) is 10.5 Å². The first-order valence-corrected chi connectivity index (χ1v) is 6.51. The summed E-state index contributed by atoms with van der Waals surface area (Å²) in [4.78, 5) is 0.944. The normalized spacial score (nSPS) is 12.9. The number of phenols is 1. The number of benzene rings is 1. The number of thiol groups is 1. The third kappa shape index (κ3) is 3.67. The predicted octanol–water partition coefficient (Wildman–Crippen LogP) is 4.70. The van der Waals surface area contributed by atoms with E-state index >= 15 is 0 Å². The van der Waals surface area contributed by atoms with Crippen LogP contribution < -0.4 is 0 Å². The van der Waals surface area contributed by atoms with Crippen molar-refractivity contribution < 1.29 is 5.11 Å². The van der Waals surface area contributed by atoms with Crippen LogP contribution in [0.1, 0.15) is 52.2 Å². The van der Waals surface area contributed by atoms with Gasteiger partial charge < -0.3 is 5.11 Å². The fourth-order valence-electron chi connectivity index (χ4n) is 2.64. The molecule has 1 N–H and O–H groups in total. The van der Waals surface area contributed by atoms with E-state index in [1.807, 2.05) is 19.1 Å². The number of aromatic hydroxyl groups is 1. The van der Waals surface area contributed by atoms with Crippen LogP contribution in [0.25, 0.3) is 0 Å². The van der Waals surface area contributed by atoms with Crippen LogP contribution in [0.2, 0.25) is 0 Å². The number of phenolic OH excluding ortho intramolecular Hbond substituents is 1. The molecule has 0 bridgehead atoms. The summed E-state index contributed by atoms with van der Waals surface area (Å²) in [5.74, 6) is 0.384. The SMILES string of the molecule is Cc1cc(O)c(C(C)(C)CC(C)(C)C)cc1S. The van der Waals surface area contributed by atoms with Crippen LogP contribution in [-0.4, -0.2) is 5.11 Å². The summed E-state index contributed by atoms with van der Waals surface area (Å²) in [6.45, 7) is 13.0. The Kier molecular flexibility index (Phi) is 3.87. The third-order valence-electron chi connectivity index (χ3n) is 3.02. The van der Waals surface area contributed by atoms with Gasteiger partial charge in [0.05, 0.1) is 0 Å². The summed E-state index contributed by atoms with van der Waals surface area (Å²) in [6, 6.07) is 3.81. The third-order valence-corrected chi connectivity index (χ3v) is 3.50. The predicted molar refractivity (Wildman–Crippen MR) is 77.2 cm³/mol. The van der Waals surface area contributed by atoms with Gasteiger partial charge in [0.2, 0.25) is 0 Å². The number of hydrogen-bond acceptors (Lipinski definition) is 2. The highest BCUT2D eigenvalue weighted by Gasteiger charge is 2.29. The van der Waals surface area contributed by atoms with Gasteiger partial charge in [-0.1, -0.05) is 34.6 Å². The van der Waals surface area contributed by atoms with Crippen LogP contribution in [0.3, 0.4) is 0 Å². The van der Waals surface area contributed by atoms with Crippen molar-refractivity contribution in [3.8, 4) is 5.75 Å². The van der Waals surface area contributed by atoms with Gasteiger partial charge in [0.1, 0.15) is 5.75 Å². The first-order chi connectivity index (χ1) is 7.53. The minimum atomic E-state index is -0.0481. The standard InChI is InChI=1S/C15H24OS/c1-10-7-12(16)11(8-13(10)17)15(5,6)9-14(2,3)4/h7-8,16-17H,9H2,1-6H3. The van der Waals surface area contributed by atoms with Crippen LogP contribution >= 0.6 is 12.6 Å². The maximum atomic E-state index is 10.1. The molecule has 0 spiro atoms. The molecule has 17 heavy (non-hydrogen) atoms. The molecule has 96 valence electrons. The van der Waals surface area contributed by atoms with Crippen molar-refractivity contribution in [3.05, 3.63) is 23.3 Å². The van der Waals surface area contributed by atoms with Crippen molar-refractivity contribution in [2.45, 2.75) is 58.3 Å². The zero-order chi connectivity index (χ0) is 13.4. The molecular weight excluding hydrogens is 228 g/mol. The highest BCUT2D eigenvalue weighted by atomic mass is 32.1. The molecule has 0 aliphatic rings. The van der Waals surface area contributed by atoms with Gasteiger partial charge in [-0.15, -0.1) is 12.6 Å². The molecular formula is C15H24OS. The van der Waals surface area contributed by atoms with Crippen molar-refractivity contribution in [3.63, 3.8) is 0 Å². The van der Waals surface area contributed by atoms with Gasteiger partial charge in [-0.05, 0) is 41.9 Å². The molecule has 0 heterocycles. The molecule has 1 aromatic carbocycles. The van der Waals surface area contributed by atoms with Gasteiger partial charge in [-0.25, -0.2) is 0 Å². The molecule has 0 radical (unpaired) electrons. The summed E-state index contributed by atoms with van der Waals surface area (Å²) in [5, 5.41) is 10.1. The molecule has 0 aliphatic heterocycles. The van der Waals surface area contributed by atoms with E-state index in [2.05, 4.69) is 47.2 Å². The van der Waals surface area contributed by atoms with Gasteiger partial charge in [0.15, 0.2) is 0 Å². The van der Waals surface area contributed by atoms with E-state index in [-0.39, 0.29) is 10.8 Å². The Hall–Kier alpha value is -0.630. The van der Waals surface area contributed by atoms with Gasteiger partial charge in [-0.3, -0.25) is 0 Å². The average Bonchev–Trinajstić information content (AvgIpc) is 2.06. The smallest absolute Gasteiger partial charge is 0.119 e. The summed E-state index contributed by atoms with van der Waals surface area (Å²) >= 11 is 4.45. The second-order valence-electron chi connectivity index (χ2n) is 6.78. The zero-order valence-electron chi connectivity index (χ0n) is 11.8. The summed E-state index contributed by atoms with van der Waals surface area (Å²) in [5.41, 5.74) is 2.19. The second-order valence-corrected chi connectivity index (χ2v) is 7.26. The Morgan fingerprint density at radius 1 is 1.12 bits per heavy atom. The fourth-order valence-corrected chi connectivity index (χ4v) is 2.84. The molecule has 1 aromatic rings. The maximum Gasteiger partial charge on any atom is 0.119 e. The Morgan fingerprint density at radius 2 is 1.65 bits per heavy atom. The number of hydrogen-bond donors (Lipinski definition) is 2. The largest absolute Gasteiger partial charge is 0.508 e. The summed E-state index contributed by atoms with van der Waals surface area (Å²) < 4.78 is 0. The molecule has 0 saturated carbocycles. The molecule has 1 rings (SSSR count). The Balaban J connectivity index is 3.19. The Bertz CT molecular complexity index is 414. The monoisotopic (exact) mass is 252 g/mol. The van der Waals surface area contributed by atoms with E-state index in [4.69, 9.17) is 0 Å². The van der Waals surface area contributed by atoms with E-state index in [0.29, 0.717) is 5.75 Å². The molecule has 2 heteroatoms. The van der Waals surface area contributed by atoms with E-state index in [1.165, 1.54) is 0 Å². The molecule has 0 amide bonds. The first kappa shape index (κ1) is 14.4. The van der Waals surface area contributed by atoms with Gasteiger partial charge >= 0.3 is 0 Å². The lowest BCUT2D eigenvalue weighted by Gasteiger charge is -2.33. The molecule has 0 aliphatic carbocycles.